The van der Waals surface area contributed by atoms with Gasteiger partial charge < -0.3 is 5.32 Å². The number of hydrogen-bond acceptors (Lipinski definition) is 3. The van der Waals surface area contributed by atoms with E-state index in [0.29, 0.717) is 10.7 Å². The van der Waals surface area contributed by atoms with Gasteiger partial charge in [-0.3, -0.25) is 9.59 Å². The van der Waals surface area contributed by atoms with Crippen molar-refractivity contribution in [2.45, 2.75) is 25.8 Å². The van der Waals surface area contributed by atoms with Crippen molar-refractivity contribution in [1.29, 1.82) is 0 Å². The third-order valence-electron chi connectivity index (χ3n) is 4.05. The Bertz CT molecular complexity index is 807. The van der Waals surface area contributed by atoms with Crippen LogP contribution in [-0.4, -0.2) is 17.9 Å². The van der Waals surface area contributed by atoms with Gasteiger partial charge >= 0.3 is 0 Å². The summed E-state index contributed by atoms with van der Waals surface area (Å²) in [6, 6.07) is 12.0. The number of imide groups is 1. The van der Waals surface area contributed by atoms with Gasteiger partial charge in [0.1, 0.15) is 6.04 Å². The molecule has 1 saturated heterocycles. The van der Waals surface area contributed by atoms with Gasteiger partial charge in [-0.25, -0.2) is 4.90 Å². The molecule has 124 valence electrons. The zero-order chi connectivity index (χ0) is 17.3. The molecule has 1 fully saturated rings. The van der Waals surface area contributed by atoms with Gasteiger partial charge in [-0.05, 0) is 30.2 Å². The largest absolute Gasteiger partial charge is 0.373 e. The van der Waals surface area contributed by atoms with Crippen molar-refractivity contribution in [1.82, 2.24) is 0 Å². The molecule has 1 atom stereocenters. The Kier molecular flexibility index (Phi) is 4.78. The summed E-state index contributed by atoms with van der Waals surface area (Å²) in [4.78, 5) is 26.2. The lowest BCUT2D eigenvalue weighted by atomic mass is 10.1. The fourth-order valence-electron chi connectivity index (χ4n) is 2.82. The van der Waals surface area contributed by atoms with Gasteiger partial charge in [0.05, 0.1) is 22.2 Å². The number of carbonyl (C=O) groups is 2. The lowest BCUT2D eigenvalue weighted by molar-refractivity contribution is -0.121. The highest BCUT2D eigenvalue weighted by molar-refractivity contribution is 6.45. The molecule has 2 aromatic carbocycles. The Labute approximate surface area is 150 Å². The second kappa shape index (κ2) is 6.83. The fraction of sp³-hybridized carbons (Fsp3) is 0.222. The molecule has 1 heterocycles. The fourth-order valence-corrected chi connectivity index (χ4v) is 3.20. The van der Waals surface area contributed by atoms with Crippen LogP contribution >= 0.6 is 23.2 Å². The smallest absolute Gasteiger partial charge is 0.256 e. The second-order valence-corrected chi connectivity index (χ2v) is 6.34. The van der Waals surface area contributed by atoms with Crippen LogP contribution in [0.5, 0.6) is 0 Å². The number of rotatable bonds is 4. The molecule has 4 nitrogen and oxygen atoms in total. The van der Waals surface area contributed by atoms with Crippen LogP contribution in [0.3, 0.4) is 0 Å². The number of halogens is 2. The Morgan fingerprint density at radius 2 is 1.88 bits per heavy atom. The summed E-state index contributed by atoms with van der Waals surface area (Å²) in [5.41, 5.74) is 2.29. The molecule has 0 bridgehead atoms. The molecule has 0 radical (unpaired) electrons. The van der Waals surface area contributed by atoms with E-state index in [1.54, 1.807) is 18.2 Å². The Balaban J connectivity index is 1.88. The lowest BCUT2D eigenvalue weighted by Gasteiger charge is -2.18. The highest BCUT2D eigenvalue weighted by Crippen LogP contribution is 2.35. The number of nitrogens with zero attached hydrogens (tertiary/aromatic N) is 1. The van der Waals surface area contributed by atoms with Crippen molar-refractivity contribution in [2.75, 3.05) is 10.2 Å². The minimum atomic E-state index is -0.611. The molecule has 0 unspecified atom stereocenters. The third kappa shape index (κ3) is 2.99. The normalized spacial score (nSPS) is 17.5. The first-order valence-electron chi connectivity index (χ1n) is 7.68. The average molecular weight is 363 g/mol. The minimum absolute atomic E-state index is 0.0831. The van der Waals surface area contributed by atoms with Crippen LogP contribution in [0.15, 0.2) is 42.5 Å². The molecule has 0 spiro atoms. The maximum atomic E-state index is 12.7. The first kappa shape index (κ1) is 16.8. The van der Waals surface area contributed by atoms with E-state index >= 15 is 0 Å². The first-order chi connectivity index (χ1) is 11.5. The molecular formula is C18H16Cl2N2O2. The van der Waals surface area contributed by atoms with Crippen molar-refractivity contribution < 1.29 is 9.59 Å². The third-order valence-corrected chi connectivity index (χ3v) is 4.86. The van der Waals surface area contributed by atoms with Crippen molar-refractivity contribution in [3.63, 3.8) is 0 Å². The van der Waals surface area contributed by atoms with Gasteiger partial charge in [0.15, 0.2) is 0 Å². The quantitative estimate of drug-likeness (QED) is 0.824. The van der Waals surface area contributed by atoms with Crippen molar-refractivity contribution in [3.05, 3.63) is 58.1 Å². The van der Waals surface area contributed by atoms with Gasteiger partial charge in [-0.2, -0.15) is 0 Å². The van der Waals surface area contributed by atoms with Gasteiger partial charge in [0.2, 0.25) is 5.91 Å². The molecule has 0 aromatic heterocycles. The van der Waals surface area contributed by atoms with Crippen LogP contribution in [-0.2, 0) is 16.0 Å². The second-order valence-electron chi connectivity index (χ2n) is 5.55. The van der Waals surface area contributed by atoms with E-state index in [-0.39, 0.29) is 23.3 Å². The SMILES string of the molecule is CCc1ccccc1N[C@H]1CC(=O)N(c2cccc(Cl)c2Cl)C1=O. The topological polar surface area (TPSA) is 49.4 Å². The average Bonchev–Trinajstić information content (AvgIpc) is 2.85. The molecule has 24 heavy (non-hydrogen) atoms. The number of hydrogen-bond donors (Lipinski definition) is 1. The minimum Gasteiger partial charge on any atom is -0.373 e. The van der Waals surface area contributed by atoms with Crippen molar-refractivity contribution in [2.24, 2.45) is 0 Å². The van der Waals surface area contributed by atoms with E-state index in [1.165, 1.54) is 0 Å². The van der Waals surface area contributed by atoms with E-state index in [9.17, 15) is 9.59 Å². The molecule has 1 N–H and O–H groups in total. The maximum absolute atomic E-state index is 12.7. The molecule has 2 amide bonds. The number of nitrogens with one attached hydrogen (secondary N) is 1. The summed E-state index contributed by atoms with van der Waals surface area (Å²) < 4.78 is 0. The summed E-state index contributed by atoms with van der Waals surface area (Å²) in [5, 5.41) is 3.70. The molecule has 6 heteroatoms. The van der Waals surface area contributed by atoms with Gasteiger partial charge in [-0.1, -0.05) is 54.4 Å². The number of aryl methyl sites for hydroxylation is 1. The summed E-state index contributed by atoms with van der Waals surface area (Å²) in [6.07, 6.45) is 0.918. The first-order valence-corrected chi connectivity index (χ1v) is 8.43. The molecule has 0 aliphatic carbocycles. The van der Waals surface area contributed by atoms with Crippen LogP contribution in [0.1, 0.15) is 18.9 Å². The van der Waals surface area contributed by atoms with Gasteiger partial charge in [-0.15, -0.1) is 0 Å². The van der Waals surface area contributed by atoms with Crippen LogP contribution < -0.4 is 10.2 Å². The molecule has 1 aliphatic rings. The summed E-state index contributed by atoms with van der Waals surface area (Å²) in [5.74, 6) is -0.620. The van der Waals surface area contributed by atoms with E-state index in [4.69, 9.17) is 23.2 Å². The Morgan fingerprint density at radius 3 is 2.62 bits per heavy atom. The van der Waals surface area contributed by atoms with Crippen molar-refractivity contribution in [3.8, 4) is 0 Å². The predicted molar refractivity (Wildman–Crippen MR) is 96.8 cm³/mol. The molecule has 1 aliphatic heterocycles. The van der Waals surface area contributed by atoms with E-state index in [0.717, 1.165) is 22.6 Å². The van der Waals surface area contributed by atoms with E-state index < -0.39 is 6.04 Å². The summed E-state index contributed by atoms with van der Waals surface area (Å²) in [6.45, 7) is 2.04. The highest BCUT2D eigenvalue weighted by Gasteiger charge is 2.40. The number of amides is 2. The molecule has 3 rings (SSSR count). The molecule has 2 aromatic rings. The Hall–Kier alpha value is -2.04. The zero-order valence-corrected chi connectivity index (χ0v) is 14.6. The predicted octanol–water partition coefficient (Wildman–Crippen LogP) is 4.30. The van der Waals surface area contributed by atoms with Crippen LogP contribution in [0.4, 0.5) is 11.4 Å². The Morgan fingerprint density at radius 1 is 1.12 bits per heavy atom. The molecular weight excluding hydrogens is 347 g/mol. The van der Waals surface area contributed by atoms with Crippen LogP contribution in [0.2, 0.25) is 10.0 Å². The summed E-state index contributed by atoms with van der Waals surface area (Å²) >= 11 is 12.2. The highest BCUT2D eigenvalue weighted by atomic mass is 35.5. The van der Waals surface area contributed by atoms with Gasteiger partial charge in [0.25, 0.3) is 5.91 Å². The zero-order valence-electron chi connectivity index (χ0n) is 13.1. The molecule has 0 saturated carbocycles. The summed E-state index contributed by atoms with van der Waals surface area (Å²) in [7, 11) is 0. The van der Waals surface area contributed by atoms with Gasteiger partial charge in [0, 0.05) is 5.69 Å². The van der Waals surface area contributed by atoms with Crippen LogP contribution in [0.25, 0.3) is 0 Å². The standard InChI is InChI=1S/C18H16Cl2N2O2/c1-2-11-6-3-4-8-13(11)21-14-10-16(23)22(18(14)24)15-9-5-7-12(19)17(15)20/h3-9,14,21H,2,10H2,1H3/t14-/m0/s1. The monoisotopic (exact) mass is 362 g/mol. The number of carbonyl (C=O) groups excluding carboxylic acids is 2. The maximum Gasteiger partial charge on any atom is 0.256 e. The number of anilines is 2. The lowest BCUT2D eigenvalue weighted by Crippen LogP contribution is -2.35. The van der Waals surface area contributed by atoms with E-state index in [1.807, 2.05) is 31.2 Å². The van der Waals surface area contributed by atoms with E-state index in [2.05, 4.69) is 5.32 Å². The van der Waals surface area contributed by atoms with Crippen molar-refractivity contribution >= 4 is 46.4 Å². The number of benzene rings is 2. The van der Waals surface area contributed by atoms with Crippen LogP contribution in [0, 0.1) is 0 Å². The number of para-hydroxylation sites is 1.